The fourth-order valence-corrected chi connectivity index (χ4v) is 19.1. The average molecular weight is 1130 g/mol. The Hall–Kier alpha value is -0.266. The van der Waals surface area contributed by atoms with Crippen molar-refractivity contribution < 1.29 is 46.5 Å². The van der Waals surface area contributed by atoms with Crippen LogP contribution < -0.4 is 11.5 Å². The highest BCUT2D eigenvalue weighted by atomic mass is 32.2. The third-order valence-electron chi connectivity index (χ3n) is 10.3. The van der Waals surface area contributed by atoms with Crippen LogP contribution in [0.3, 0.4) is 0 Å². The van der Waals surface area contributed by atoms with Gasteiger partial charge in [0.05, 0.1) is 52.4 Å². The molecular weight excluding hydrogens is 1020 g/mol. The summed E-state index contributed by atoms with van der Waals surface area (Å²) < 4.78 is 23.9. The number of hydrogen-bond donors (Lipinski definition) is 2. The molecule has 0 aromatic carbocycles. The summed E-state index contributed by atoms with van der Waals surface area (Å²) in [4.78, 5) is 51.1. The van der Waals surface area contributed by atoms with E-state index in [0.29, 0.717) is 28.9 Å². The van der Waals surface area contributed by atoms with Crippen molar-refractivity contribution in [1.82, 2.24) is 0 Å². The molecule has 0 aliphatic heterocycles. The number of esters is 2. The number of nitrogens with zero attached hydrogens (tertiary/aromatic N) is 2. The molecule has 0 aromatic rings. The van der Waals surface area contributed by atoms with Crippen LogP contribution in [0.25, 0.3) is 0 Å². The fraction of sp³-hybridized carbons (Fsp3) is 0.837. The van der Waals surface area contributed by atoms with E-state index in [1.54, 1.807) is 30.4 Å². The minimum Gasteiger partial charge on any atom is -0.415 e. The Labute approximate surface area is 454 Å². The van der Waals surface area contributed by atoms with Crippen molar-refractivity contribution in [3.05, 3.63) is 14.9 Å². The summed E-state index contributed by atoms with van der Waals surface area (Å²) in [5, 5.41) is 0. The van der Waals surface area contributed by atoms with Crippen molar-refractivity contribution in [3.8, 4) is 0 Å². The number of nitrogens with two attached hydrogens (primary N) is 2. The first-order chi connectivity index (χ1) is 29.7. The third-order valence-corrected chi connectivity index (χ3v) is 21.4. The molecule has 0 spiro atoms. The molecular formula is C49H104N4O8S6Si2. The predicted octanol–water partition coefficient (Wildman–Crippen LogP) is 12.3. The minimum atomic E-state index is -1.68. The summed E-state index contributed by atoms with van der Waals surface area (Å²) in [6, 6.07) is 2.12. The number of thiocarbonyl (C=S) groups is 2. The molecule has 0 saturated carbocycles. The van der Waals surface area contributed by atoms with Gasteiger partial charge in [-0.3, -0.25) is 28.1 Å². The number of primary amides is 2. The fourth-order valence-electron chi connectivity index (χ4n) is 7.44. The summed E-state index contributed by atoms with van der Waals surface area (Å²) in [5.41, 5.74) is 9.97. The summed E-state index contributed by atoms with van der Waals surface area (Å²) in [7, 11) is 8.40. The molecule has 412 valence electrons. The smallest absolute Gasteiger partial charge is 0.326 e. The van der Waals surface area contributed by atoms with Crippen molar-refractivity contribution in [2.24, 2.45) is 22.3 Å². The van der Waals surface area contributed by atoms with Gasteiger partial charge < -0.3 is 44.6 Å². The molecule has 0 aliphatic rings. The van der Waals surface area contributed by atoms with Gasteiger partial charge in [0.25, 0.3) is 0 Å². The lowest BCUT2D eigenvalue weighted by Crippen LogP contribution is -2.47. The lowest BCUT2D eigenvalue weighted by Gasteiger charge is -2.36. The number of rotatable bonds is 30. The minimum absolute atomic E-state index is 0. The molecule has 12 nitrogen and oxygen atoms in total. The molecule has 69 heavy (non-hydrogen) atoms. The van der Waals surface area contributed by atoms with E-state index in [2.05, 4.69) is 53.9 Å². The van der Waals surface area contributed by atoms with Crippen LogP contribution in [0, 0.1) is 25.7 Å². The molecule has 0 heterocycles. The van der Waals surface area contributed by atoms with Crippen LogP contribution in [0.4, 0.5) is 0 Å². The number of hydrogen-bond acceptors (Lipinski definition) is 14. The zero-order valence-corrected chi connectivity index (χ0v) is 53.7. The predicted molar refractivity (Wildman–Crippen MR) is 320 cm³/mol. The van der Waals surface area contributed by atoms with E-state index >= 15 is 0 Å². The average Bonchev–Trinajstić information content (AvgIpc) is 3.11. The lowest BCUT2D eigenvalue weighted by atomic mass is 9.77. The SMILES string of the molecule is C.CCCC(C)(CC(C)(SC(=S)SCCC[Si](C)(C)OC(C)C)C(=O)OC[N+](C)(C)C)C(N)=O.CCCC(C)(CC(C)(SC(=S)SCCC[Si](C)(C)OC(C)C)C(N)=O)C(=O)OC[N+](C)(C)C.[CH3-].[CH3-]. The van der Waals surface area contributed by atoms with Crippen molar-refractivity contribution in [1.29, 1.82) is 0 Å². The topological polar surface area (TPSA) is 157 Å². The molecule has 0 rings (SSSR count). The first-order valence-electron chi connectivity index (χ1n) is 23.3. The number of ether oxygens (including phenoxy) is 2. The summed E-state index contributed by atoms with van der Waals surface area (Å²) >= 11 is 17.0. The standard InChI is InChI=1S/2C23H46N2O4S3Si.CH4.2CH3/c1-11-13-22(4,20(27)28-17-25(6,7)8)16-23(5,19(24)26)32-21(30)31-14-12-15-33(9,10)29-18(2)3;1-11-13-22(4,19(24)26)16-23(5,20(27)28-17-25(6,7)8)32-21(30)31-14-12-15-33(9,10)29-18(2)3;;;/h2*18H,11-17H2,1-10H3,(H-,24,26);1H4;2*1H3/q;;;2*-1/p+2. The van der Waals surface area contributed by atoms with E-state index in [-0.39, 0.29) is 72.7 Å². The van der Waals surface area contributed by atoms with Crippen molar-refractivity contribution in [3.63, 3.8) is 0 Å². The number of carbonyl (C=O) groups is 4. The summed E-state index contributed by atoms with van der Waals surface area (Å²) in [6.45, 7) is 29.1. The Balaban J connectivity index is -0.000000379. The van der Waals surface area contributed by atoms with E-state index < -0.39 is 48.8 Å². The van der Waals surface area contributed by atoms with E-state index in [1.165, 1.54) is 23.5 Å². The molecule has 0 aliphatic carbocycles. The Morgan fingerprint density at radius 2 is 0.928 bits per heavy atom. The Morgan fingerprint density at radius 3 is 1.25 bits per heavy atom. The van der Waals surface area contributed by atoms with Gasteiger partial charge in [0, 0.05) is 17.6 Å². The second kappa shape index (κ2) is 34.3. The van der Waals surface area contributed by atoms with Gasteiger partial charge in [-0.05, 0) is 137 Å². The molecule has 4 N–H and O–H groups in total. The molecule has 0 fully saturated rings. The highest BCUT2D eigenvalue weighted by molar-refractivity contribution is 8.48. The quantitative estimate of drug-likeness (QED) is 0.0133. The Morgan fingerprint density at radius 1 is 0.594 bits per heavy atom. The normalized spacial score (nSPS) is 15.5. The van der Waals surface area contributed by atoms with Crippen LogP contribution in [0.2, 0.25) is 38.3 Å². The molecule has 0 radical (unpaired) electrons. The molecule has 20 heteroatoms. The van der Waals surface area contributed by atoms with Crippen LogP contribution in [0.5, 0.6) is 0 Å². The maximum Gasteiger partial charge on any atom is 0.326 e. The number of amides is 2. The monoisotopic (exact) mass is 1120 g/mol. The molecule has 0 aromatic heterocycles. The van der Waals surface area contributed by atoms with Gasteiger partial charge in [-0.2, -0.15) is 0 Å². The maximum atomic E-state index is 13.2. The highest BCUT2D eigenvalue weighted by Crippen LogP contribution is 2.45. The van der Waals surface area contributed by atoms with Gasteiger partial charge in [-0.25, -0.2) is 0 Å². The summed E-state index contributed by atoms with van der Waals surface area (Å²) in [5.74, 6) is 0.237. The van der Waals surface area contributed by atoms with Crippen LogP contribution in [0.15, 0.2) is 0 Å². The molecule has 2 amide bonds. The summed E-state index contributed by atoms with van der Waals surface area (Å²) in [6.07, 6.45) is 5.90. The molecule has 0 bridgehead atoms. The molecule has 0 saturated heterocycles. The van der Waals surface area contributed by atoms with Gasteiger partial charge in [0.2, 0.25) is 25.3 Å². The van der Waals surface area contributed by atoms with E-state index in [9.17, 15) is 19.2 Å². The van der Waals surface area contributed by atoms with Crippen molar-refractivity contribution in [2.75, 3.05) is 67.3 Å². The first kappa shape index (κ1) is 77.6. The largest absolute Gasteiger partial charge is 0.415 e. The molecule has 4 unspecified atom stereocenters. The number of thioether (sulfide) groups is 4. The van der Waals surface area contributed by atoms with E-state index in [0.717, 1.165) is 49.3 Å². The van der Waals surface area contributed by atoms with E-state index in [1.807, 2.05) is 76.9 Å². The van der Waals surface area contributed by atoms with Crippen molar-refractivity contribution >= 4 is 119 Å². The second-order valence-electron chi connectivity index (χ2n) is 22.3. The van der Waals surface area contributed by atoms with Crippen LogP contribution in [0.1, 0.15) is 128 Å². The maximum absolute atomic E-state index is 13.2. The number of quaternary nitrogens is 2. The third kappa shape index (κ3) is 34.8. The van der Waals surface area contributed by atoms with Crippen LogP contribution >= 0.6 is 71.5 Å². The van der Waals surface area contributed by atoms with Crippen molar-refractivity contribution in [2.45, 2.75) is 188 Å². The Kier molecular flexibility index (Phi) is 38.6. The zero-order valence-electron chi connectivity index (χ0n) is 46.8. The van der Waals surface area contributed by atoms with Gasteiger partial charge >= 0.3 is 11.9 Å². The lowest BCUT2D eigenvalue weighted by molar-refractivity contribution is -0.888. The van der Waals surface area contributed by atoms with Crippen LogP contribution in [-0.4, -0.2) is 145 Å². The highest BCUT2D eigenvalue weighted by Gasteiger charge is 2.47. The first-order valence-corrected chi connectivity index (χ1v) is 34.0. The van der Waals surface area contributed by atoms with Crippen LogP contribution in [-0.2, 0) is 37.5 Å². The van der Waals surface area contributed by atoms with Gasteiger partial charge in [0.15, 0.2) is 16.6 Å². The zero-order chi connectivity index (χ0) is 52.2. The second-order valence-corrected chi connectivity index (χ2v) is 38.4. The molecule has 4 atom stereocenters. The van der Waals surface area contributed by atoms with Gasteiger partial charge in [0.1, 0.15) is 11.8 Å². The van der Waals surface area contributed by atoms with Gasteiger partial charge in [-0.15, -0.1) is 23.5 Å². The van der Waals surface area contributed by atoms with Gasteiger partial charge in [-0.1, -0.05) is 89.0 Å². The Bertz CT molecular complexity index is 1570. The number of carbonyl (C=O) groups excluding carboxylic acids is 4. The van der Waals surface area contributed by atoms with E-state index in [4.69, 9.17) is 54.2 Å².